The Kier molecular flexibility index (Phi) is 8.51. The Hall–Kier alpha value is -0.900. The highest BCUT2D eigenvalue weighted by Crippen LogP contribution is 2.12. The summed E-state index contributed by atoms with van der Waals surface area (Å²) >= 11 is 0. The minimum Gasteiger partial charge on any atom is -0.389 e. The van der Waals surface area contributed by atoms with Crippen LogP contribution in [0.15, 0.2) is 30.3 Å². The van der Waals surface area contributed by atoms with Crippen LogP contribution in [0.2, 0.25) is 0 Å². The van der Waals surface area contributed by atoms with E-state index in [1.165, 1.54) is 0 Å². The number of rotatable bonds is 10. The number of aliphatic hydroxyl groups excluding tert-OH is 1. The summed E-state index contributed by atoms with van der Waals surface area (Å²) in [6, 6.07) is 10.3. The molecular formula is C17H29NO2. The number of benzene rings is 1. The lowest BCUT2D eigenvalue weighted by atomic mass is 10.0. The first-order valence-electron chi connectivity index (χ1n) is 7.76. The van der Waals surface area contributed by atoms with Gasteiger partial charge >= 0.3 is 0 Å². The van der Waals surface area contributed by atoms with Gasteiger partial charge in [0, 0.05) is 6.04 Å². The molecule has 1 N–H and O–H groups in total. The predicted octanol–water partition coefficient (Wildman–Crippen LogP) is 3.07. The van der Waals surface area contributed by atoms with Crippen LogP contribution in [-0.4, -0.2) is 41.8 Å². The number of ether oxygens (including phenoxy) is 1. The van der Waals surface area contributed by atoms with E-state index in [-0.39, 0.29) is 6.04 Å². The van der Waals surface area contributed by atoms with Gasteiger partial charge in [0.1, 0.15) is 0 Å². The van der Waals surface area contributed by atoms with Crippen LogP contribution in [0.3, 0.4) is 0 Å². The van der Waals surface area contributed by atoms with E-state index in [9.17, 15) is 5.11 Å². The molecule has 20 heavy (non-hydrogen) atoms. The second-order valence-corrected chi connectivity index (χ2v) is 5.15. The Morgan fingerprint density at radius 3 is 2.30 bits per heavy atom. The number of aliphatic hydroxyl groups is 1. The van der Waals surface area contributed by atoms with Crippen LogP contribution in [0, 0.1) is 0 Å². The van der Waals surface area contributed by atoms with Gasteiger partial charge in [-0.25, -0.2) is 0 Å². The molecule has 1 aromatic rings. The molecule has 0 spiro atoms. The fourth-order valence-electron chi connectivity index (χ4n) is 2.59. The summed E-state index contributed by atoms with van der Waals surface area (Å²) in [5.41, 5.74) is 1.15. The molecule has 2 atom stereocenters. The molecule has 0 aliphatic carbocycles. The lowest BCUT2D eigenvalue weighted by molar-refractivity contribution is -0.0235. The molecule has 0 bridgehead atoms. The Balaban J connectivity index is 2.43. The third kappa shape index (κ3) is 5.61. The highest BCUT2D eigenvalue weighted by Gasteiger charge is 2.23. The van der Waals surface area contributed by atoms with Crippen LogP contribution in [0.5, 0.6) is 0 Å². The molecule has 0 heterocycles. The molecule has 0 unspecified atom stereocenters. The smallest absolute Gasteiger partial charge is 0.0928 e. The minimum atomic E-state index is -0.418. The molecular weight excluding hydrogens is 250 g/mol. The van der Waals surface area contributed by atoms with Crippen LogP contribution < -0.4 is 0 Å². The quantitative estimate of drug-likeness (QED) is 0.714. The third-order valence-electron chi connectivity index (χ3n) is 3.71. The molecule has 0 radical (unpaired) electrons. The van der Waals surface area contributed by atoms with Crippen LogP contribution in [0.4, 0.5) is 0 Å². The van der Waals surface area contributed by atoms with Gasteiger partial charge in [-0.05, 0) is 25.1 Å². The van der Waals surface area contributed by atoms with Crippen molar-refractivity contribution in [2.45, 2.75) is 52.4 Å². The second-order valence-electron chi connectivity index (χ2n) is 5.15. The molecule has 114 valence electrons. The molecule has 0 aliphatic heterocycles. The predicted molar refractivity (Wildman–Crippen MR) is 83.7 cm³/mol. The van der Waals surface area contributed by atoms with Gasteiger partial charge < -0.3 is 9.84 Å². The SMILES string of the molecule is CCC[C@H]([C@H](O)COCc1ccccc1)N(CC)CC. The van der Waals surface area contributed by atoms with Gasteiger partial charge in [-0.3, -0.25) is 4.90 Å². The van der Waals surface area contributed by atoms with E-state index in [4.69, 9.17) is 4.74 Å². The first-order chi connectivity index (χ1) is 9.72. The Morgan fingerprint density at radius 2 is 1.75 bits per heavy atom. The van der Waals surface area contributed by atoms with Crippen molar-refractivity contribution >= 4 is 0 Å². The van der Waals surface area contributed by atoms with Crippen LogP contribution in [0.1, 0.15) is 39.2 Å². The van der Waals surface area contributed by atoms with Crippen molar-refractivity contribution < 1.29 is 9.84 Å². The number of hydrogen-bond acceptors (Lipinski definition) is 3. The topological polar surface area (TPSA) is 32.7 Å². The summed E-state index contributed by atoms with van der Waals surface area (Å²) in [5, 5.41) is 10.4. The van der Waals surface area contributed by atoms with E-state index in [1.54, 1.807) is 0 Å². The van der Waals surface area contributed by atoms with Crippen LogP contribution in [0.25, 0.3) is 0 Å². The lowest BCUT2D eigenvalue weighted by Gasteiger charge is -2.33. The van der Waals surface area contributed by atoms with Crippen molar-refractivity contribution in [2.24, 2.45) is 0 Å². The third-order valence-corrected chi connectivity index (χ3v) is 3.71. The monoisotopic (exact) mass is 279 g/mol. The molecule has 0 aliphatic rings. The normalized spacial score (nSPS) is 14.4. The van der Waals surface area contributed by atoms with Gasteiger partial charge in [-0.1, -0.05) is 57.5 Å². The summed E-state index contributed by atoms with van der Waals surface area (Å²) < 4.78 is 5.67. The van der Waals surface area contributed by atoms with E-state index in [1.807, 2.05) is 30.3 Å². The van der Waals surface area contributed by atoms with Gasteiger partial charge in [0.25, 0.3) is 0 Å². The van der Waals surface area contributed by atoms with Crippen LogP contribution in [-0.2, 0) is 11.3 Å². The maximum atomic E-state index is 10.4. The fraction of sp³-hybridized carbons (Fsp3) is 0.647. The van der Waals surface area contributed by atoms with Gasteiger partial charge in [-0.15, -0.1) is 0 Å². The van der Waals surface area contributed by atoms with Crippen molar-refractivity contribution in [1.82, 2.24) is 4.90 Å². The van der Waals surface area contributed by atoms with Crippen molar-refractivity contribution in [3.8, 4) is 0 Å². The summed E-state index contributed by atoms with van der Waals surface area (Å²) in [4.78, 5) is 2.32. The van der Waals surface area contributed by atoms with E-state index in [0.717, 1.165) is 31.5 Å². The molecule has 3 heteroatoms. The maximum Gasteiger partial charge on any atom is 0.0928 e. The van der Waals surface area contributed by atoms with Crippen molar-refractivity contribution in [3.63, 3.8) is 0 Å². The molecule has 1 aromatic carbocycles. The number of hydrogen-bond donors (Lipinski definition) is 1. The molecule has 1 rings (SSSR count). The Bertz CT molecular complexity index is 338. The van der Waals surface area contributed by atoms with Crippen molar-refractivity contribution in [2.75, 3.05) is 19.7 Å². The van der Waals surface area contributed by atoms with Crippen LogP contribution >= 0.6 is 0 Å². The molecule has 0 saturated carbocycles. The van der Waals surface area contributed by atoms with Gasteiger partial charge in [-0.2, -0.15) is 0 Å². The number of nitrogens with zero attached hydrogens (tertiary/aromatic N) is 1. The molecule has 0 aromatic heterocycles. The molecule has 0 amide bonds. The highest BCUT2D eigenvalue weighted by molar-refractivity contribution is 5.13. The van der Waals surface area contributed by atoms with E-state index in [2.05, 4.69) is 25.7 Å². The minimum absolute atomic E-state index is 0.200. The van der Waals surface area contributed by atoms with E-state index >= 15 is 0 Å². The molecule has 0 fully saturated rings. The zero-order valence-electron chi connectivity index (χ0n) is 13.1. The average molecular weight is 279 g/mol. The lowest BCUT2D eigenvalue weighted by Crippen LogP contribution is -2.45. The summed E-state index contributed by atoms with van der Waals surface area (Å²) in [7, 11) is 0. The fourth-order valence-corrected chi connectivity index (χ4v) is 2.59. The first kappa shape index (κ1) is 17.2. The summed E-state index contributed by atoms with van der Waals surface area (Å²) in [6.07, 6.45) is 1.67. The largest absolute Gasteiger partial charge is 0.389 e. The standard InChI is InChI=1S/C17H29NO2/c1-4-10-16(18(5-2)6-3)17(19)14-20-13-15-11-8-7-9-12-15/h7-9,11-12,16-17,19H,4-6,10,13-14H2,1-3H3/t16-,17-/m1/s1. The Morgan fingerprint density at radius 1 is 1.10 bits per heavy atom. The van der Waals surface area contributed by atoms with Gasteiger partial charge in [0.05, 0.1) is 19.3 Å². The summed E-state index contributed by atoms with van der Waals surface area (Å²) in [6.45, 7) is 9.35. The zero-order valence-corrected chi connectivity index (χ0v) is 13.1. The number of likely N-dealkylation sites (N-methyl/N-ethyl adjacent to an activating group) is 1. The highest BCUT2D eigenvalue weighted by atomic mass is 16.5. The van der Waals surface area contributed by atoms with E-state index in [0.29, 0.717) is 13.2 Å². The maximum absolute atomic E-state index is 10.4. The van der Waals surface area contributed by atoms with Crippen molar-refractivity contribution in [1.29, 1.82) is 0 Å². The summed E-state index contributed by atoms with van der Waals surface area (Å²) in [5.74, 6) is 0. The van der Waals surface area contributed by atoms with Crippen molar-refractivity contribution in [3.05, 3.63) is 35.9 Å². The molecule has 0 saturated heterocycles. The molecule has 3 nitrogen and oxygen atoms in total. The zero-order chi connectivity index (χ0) is 14.8. The van der Waals surface area contributed by atoms with Gasteiger partial charge in [0.2, 0.25) is 0 Å². The average Bonchev–Trinajstić information content (AvgIpc) is 2.48. The first-order valence-corrected chi connectivity index (χ1v) is 7.76. The second kappa shape index (κ2) is 9.92. The van der Waals surface area contributed by atoms with E-state index < -0.39 is 6.10 Å². The Labute approximate surface area is 123 Å². The van der Waals surface area contributed by atoms with Gasteiger partial charge in [0.15, 0.2) is 0 Å².